The Labute approximate surface area is 208 Å². The fourth-order valence-electron chi connectivity index (χ4n) is 4.43. The number of hydrogen-bond donors (Lipinski definition) is 2. The highest BCUT2D eigenvalue weighted by molar-refractivity contribution is 6.07. The van der Waals surface area contributed by atoms with E-state index in [4.69, 9.17) is 4.84 Å². The standard InChI is InChI=1S/C29H26N4O3/c1-2-36-33-16-14-20-17-22(5-11-27(20)33)29(35)31-24-8-12-26-21(18-24)13-15-32(26)25-9-3-19(4-10-25)28(34)30-23-6-7-23/h3-5,8-18,23H,2,6-7H2,1H3,(H,30,34)(H,31,35). The average molecular weight is 479 g/mol. The first-order chi connectivity index (χ1) is 17.6. The first-order valence-corrected chi connectivity index (χ1v) is 12.2. The van der Waals surface area contributed by atoms with E-state index >= 15 is 0 Å². The van der Waals surface area contributed by atoms with Crippen molar-refractivity contribution in [3.63, 3.8) is 0 Å². The summed E-state index contributed by atoms with van der Waals surface area (Å²) in [6, 6.07) is 23.3. The zero-order valence-electron chi connectivity index (χ0n) is 19.9. The van der Waals surface area contributed by atoms with E-state index in [-0.39, 0.29) is 11.8 Å². The molecule has 2 heterocycles. The van der Waals surface area contributed by atoms with Crippen LogP contribution in [0.15, 0.2) is 85.2 Å². The predicted molar refractivity (Wildman–Crippen MR) is 141 cm³/mol. The van der Waals surface area contributed by atoms with Gasteiger partial charge in [0.15, 0.2) is 0 Å². The van der Waals surface area contributed by atoms with Gasteiger partial charge in [-0.05, 0) is 92.6 Å². The lowest BCUT2D eigenvalue weighted by Crippen LogP contribution is -2.25. The highest BCUT2D eigenvalue weighted by atomic mass is 16.7. The number of nitrogens with one attached hydrogen (secondary N) is 2. The molecule has 1 fully saturated rings. The van der Waals surface area contributed by atoms with Crippen LogP contribution < -0.4 is 15.5 Å². The van der Waals surface area contributed by atoms with Gasteiger partial charge in [0.2, 0.25) is 0 Å². The number of anilines is 1. The van der Waals surface area contributed by atoms with Crippen LogP contribution in [0.25, 0.3) is 27.5 Å². The second-order valence-electron chi connectivity index (χ2n) is 9.04. The Morgan fingerprint density at radius 3 is 2.33 bits per heavy atom. The van der Waals surface area contributed by atoms with Crippen molar-refractivity contribution < 1.29 is 14.4 Å². The van der Waals surface area contributed by atoms with E-state index in [1.807, 2.05) is 86.0 Å². The minimum absolute atomic E-state index is 0.0205. The normalized spacial score (nSPS) is 13.1. The molecule has 0 radical (unpaired) electrons. The number of fused-ring (bicyclic) bond motifs is 2. The number of nitrogens with zero attached hydrogens (tertiary/aromatic N) is 2. The second kappa shape index (κ2) is 8.92. The van der Waals surface area contributed by atoms with E-state index < -0.39 is 0 Å². The van der Waals surface area contributed by atoms with Crippen molar-refractivity contribution in [2.45, 2.75) is 25.8 Å². The lowest BCUT2D eigenvalue weighted by atomic mass is 10.1. The van der Waals surface area contributed by atoms with Crippen LogP contribution in [0.1, 0.15) is 40.5 Å². The van der Waals surface area contributed by atoms with Gasteiger partial charge in [0.25, 0.3) is 11.8 Å². The number of carbonyl (C=O) groups excluding carboxylic acids is 2. The Kier molecular flexibility index (Phi) is 5.45. The van der Waals surface area contributed by atoms with Gasteiger partial charge in [0, 0.05) is 51.7 Å². The van der Waals surface area contributed by atoms with E-state index in [1.165, 1.54) is 0 Å². The van der Waals surface area contributed by atoms with Crippen molar-refractivity contribution in [1.29, 1.82) is 0 Å². The highest BCUT2D eigenvalue weighted by Crippen LogP contribution is 2.25. The maximum atomic E-state index is 12.9. The number of rotatable bonds is 7. The molecule has 7 heteroatoms. The molecule has 1 aliphatic rings. The summed E-state index contributed by atoms with van der Waals surface area (Å²) >= 11 is 0. The minimum Gasteiger partial charge on any atom is -0.414 e. The molecule has 0 unspecified atom stereocenters. The molecule has 5 aromatic rings. The van der Waals surface area contributed by atoms with E-state index in [9.17, 15) is 9.59 Å². The van der Waals surface area contributed by atoms with Crippen LogP contribution in [0.3, 0.4) is 0 Å². The highest BCUT2D eigenvalue weighted by Gasteiger charge is 2.23. The van der Waals surface area contributed by atoms with Crippen LogP contribution in [0.5, 0.6) is 0 Å². The minimum atomic E-state index is -0.167. The molecular formula is C29H26N4O3. The first-order valence-electron chi connectivity index (χ1n) is 12.2. The van der Waals surface area contributed by atoms with E-state index in [1.54, 1.807) is 10.8 Å². The third kappa shape index (κ3) is 4.20. The summed E-state index contributed by atoms with van der Waals surface area (Å²) in [5, 5.41) is 7.97. The molecule has 0 bridgehead atoms. The summed E-state index contributed by atoms with van der Waals surface area (Å²) in [6.45, 7) is 2.50. The van der Waals surface area contributed by atoms with Gasteiger partial charge in [0.1, 0.15) is 6.61 Å². The molecule has 0 atom stereocenters. The Hall–Kier alpha value is -4.52. The van der Waals surface area contributed by atoms with Gasteiger partial charge < -0.3 is 20.0 Å². The summed E-state index contributed by atoms with van der Waals surface area (Å²) in [5.74, 6) is -0.187. The van der Waals surface area contributed by atoms with Crippen molar-refractivity contribution in [2.75, 3.05) is 11.9 Å². The van der Waals surface area contributed by atoms with E-state index in [0.717, 1.165) is 46.0 Å². The Morgan fingerprint density at radius 2 is 1.56 bits per heavy atom. The number of amides is 2. The molecule has 2 N–H and O–H groups in total. The smallest absolute Gasteiger partial charge is 0.255 e. The first kappa shape index (κ1) is 22.0. The van der Waals surface area contributed by atoms with Crippen LogP contribution in [0.4, 0.5) is 5.69 Å². The molecule has 2 amide bonds. The molecule has 0 spiro atoms. The number of aromatic nitrogens is 2. The number of carbonyl (C=O) groups is 2. The van der Waals surface area contributed by atoms with Gasteiger partial charge in [-0.25, -0.2) is 0 Å². The zero-order valence-corrected chi connectivity index (χ0v) is 19.9. The fraction of sp³-hybridized carbons (Fsp3) is 0.172. The van der Waals surface area contributed by atoms with Gasteiger partial charge >= 0.3 is 0 Å². The molecule has 2 aromatic heterocycles. The van der Waals surface area contributed by atoms with Gasteiger partial charge in [0.05, 0.1) is 11.0 Å². The molecule has 1 saturated carbocycles. The van der Waals surface area contributed by atoms with Gasteiger partial charge in [-0.1, -0.05) is 0 Å². The molecule has 180 valence electrons. The molecule has 0 saturated heterocycles. The van der Waals surface area contributed by atoms with Crippen molar-refractivity contribution in [2.24, 2.45) is 0 Å². The van der Waals surface area contributed by atoms with Crippen LogP contribution in [-0.2, 0) is 0 Å². The maximum Gasteiger partial charge on any atom is 0.255 e. The largest absolute Gasteiger partial charge is 0.414 e. The monoisotopic (exact) mass is 478 g/mol. The molecule has 1 aliphatic carbocycles. The molecule has 6 rings (SSSR count). The van der Waals surface area contributed by atoms with Crippen LogP contribution in [0.2, 0.25) is 0 Å². The Bertz CT molecular complexity index is 1590. The van der Waals surface area contributed by atoms with Crippen LogP contribution in [0, 0.1) is 0 Å². The van der Waals surface area contributed by atoms with Crippen LogP contribution in [-0.4, -0.2) is 33.8 Å². The molecule has 3 aromatic carbocycles. The summed E-state index contributed by atoms with van der Waals surface area (Å²) in [7, 11) is 0. The van der Waals surface area contributed by atoms with Crippen molar-refractivity contribution in [3.05, 3.63) is 96.3 Å². The van der Waals surface area contributed by atoms with Crippen molar-refractivity contribution in [3.8, 4) is 5.69 Å². The Balaban J connectivity index is 1.19. The van der Waals surface area contributed by atoms with E-state index in [0.29, 0.717) is 23.8 Å². The quantitative estimate of drug-likeness (QED) is 0.338. The average Bonchev–Trinajstić information content (AvgIpc) is 3.47. The molecule has 7 nitrogen and oxygen atoms in total. The summed E-state index contributed by atoms with van der Waals surface area (Å²) < 4.78 is 3.78. The number of hydrogen-bond acceptors (Lipinski definition) is 3. The van der Waals surface area contributed by atoms with E-state index in [2.05, 4.69) is 15.2 Å². The summed E-state index contributed by atoms with van der Waals surface area (Å²) in [5.41, 5.74) is 4.89. The third-order valence-corrected chi connectivity index (χ3v) is 6.45. The summed E-state index contributed by atoms with van der Waals surface area (Å²) in [6.07, 6.45) is 5.98. The van der Waals surface area contributed by atoms with Gasteiger partial charge in [-0.3, -0.25) is 9.59 Å². The topological polar surface area (TPSA) is 77.3 Å². The predicted octanol–water partition coefficient (Wildman–Crippen LogP) is 5.18. The molecule has 0 aliphatic heterocycles. The maximum absolute atomic E-state index is 12.9. The molecule has 36 heavy (non-hydrogen) atoms. The SMILES string of the molecule is CCOn1ccc2cc(C(=O)Nc3ccc4c(ccn4-c4ccc(C(=O)NC5CC5)cc4)c3)ccc21. The summed E-state index contributed by atoms with van der Waals surface area (Å²) in [4.78, 5) is 30.7. The number of benzene rings is 3. The van der Waals surface area contributed by atoms with Crippen molar-refractivity contribution >= 4 is 39.3 Å². The van der Waals surface area contributed by atoms with Crippen LogP contribution >= 0.6 is 0 Å². The lowest BCUT2D eigenvalue weighted by Gasteiger charge is -2.09. The second-order valence-corrected chi connectivity index (χ2v) is 9.04. The fourth-order valence-corrected chi connectivity index (χ4v) is 4.43. The van der Waals surface area contributed by atoms with Gasteiger partial charge in [-0.15, -0.1) is 0 Å². The third-order valence-electron chi connectivity index (χ3n) is 6.45. The van der Waals surface area contributed by atoms with Crippen molar-refractivity contribution in [1.82, 2.24) is 14.6 Å². The zero-order chi connectivity index (χ0) is 24.6. The lowest BCUT2D eigenvalue weighted by molar-refractivity contribution is 0.0950. The Morgan fingerprint density at radius 1 is 0.833 bits per heavy atom. The molecular weight excluding hydrogens is 452 g/mol. The van der Waals surface area contributed by atoms with Gasteiger partial charge in [-0.2, -0.15) is 4.73 Å².